The predicted molar refractivity (Wildman–Crippen MR) is 92.3 cm³/mol. The smallest absolute Gasteiger partial charge is 0.232 e. The lowest BCUT2D eigenvalue weighted by atomic mass is 10.1. The molecular weight excluding hydrogens is 315 g/mol. The summed E-state index contributed by atoms with van der Waals surface area (Å²) in [4.78, 5) is 8.41. The minimum atomic E-state index is -0.217. The van der Waals surface area contributed by atoms with Gasteiger partial charge in [0.05, 0.1) is 7.11 Å². The van der Waals surface area contributed by atoms with E-state index in [2.05, 4.69) is 20.6 Å². The molecule has 0 fully saturated rings. The molecule has 0 amide bonds. The first-order chi connectivity index (χ1) is 11.1. The van der Waals surface area contributed by atoms with Crippen molar-refractivity contribution in [2.24, 2.45) is 0 Å². The molecule has 1 aromatic carbocycles. The van der Waals surface area contributed by atoms with Crippen LogP contribution in [-0.4, -0.2) is 28.7 Å². The van der Waals surface area contributed by atoms with Crippen LogP contribution in [0, 0.1) is 12.7 Å². The molecule has 5 nitrogen and oxygen atoms in total. The van der Waals surface area contributed by atoms with E-state index < -0.39 is 0 Å². The summed E-state index contributed by atoms with van der Waals surface area (Å²) in [5.41, 5.74) is 1.89. The zero-order valence-corrected chi connectivity index (χ0v) is 13.9. The zero-order chi connectivity index (χ0) is 16.7. The first kappa shape index (κ1) is 17.1. The van der Waals surface area contributed by atoms with Gasteiger partial charge in [0.25, 0.3) is 0 Å². The number of ether oxygens (including phenoxy) is 1. The normalized spacial score (nSPS) is 10.2. The van der Waals surface area contributed by atoms with Gasteiger partial charge in [-0.2, -0.15) is 4.98 Å². The molecule has 0 aliphatic rings. The number of methoxy groups -OCH3 is 1. The number of thiocarbonyl (C=S) groups is 1. The Morgan fingerprint density at radius 3 is 2.70 bits per heavy atom. The van der Waals surface area contributed by atoms with Gasteiger partial charge < -0.3 is 15.4 Å². The van der Waals surface area contributed by atoms with Gasteiger partial charge in [-0.1, -0.05) is 12.1 Å². The lowest BCUT2D eigenvalue weighted by molar-refractivity contribution is 0.397. The Bertz CT molecular complexity index is 664. The Hall–Kier alpha value is -2.28. The molecule has 2 rings (SSSR count). The van der Waals surface area contributed by atoms with Crippen LogP contribution in [0.3, 0.4) is 0 Å². The second kappa shape index (κ2) is 8.38. The van der Waals surface area contributed by atoms with Gasteiger partial charge in [0, 0.05) is 18.3 Å². The summed E-state index contributed by atoms with van der Waals surface area (Å²) in [5.74, 6) is 0.669. The molecule has 2 aromatic rings. The first-order valence-corrected chi connectivity index (χ1v) is 7.66. The molecule has 0 bridgehead atoms. The van der Waals surface area contributed by atoms with Gasteiger partial charge in [0.15, 0.2) is 5.11 Å². The number of anilines is 1. The van der Waals surface area contributed by atoms with Gasteiger partial charge in [-0.25, -0.2) is 9.37 Å². The Morgan fingerprint density at radius 1 is 1.26 bits per heavy atom. The number of rotatable bonds is 6. The van der Waals surface area contributed by atoms with Crippen LogP contribution in [0.15, 0.2) is 30.3 Å². The predicted octanol–water partition coefficient (Wildman–Crippen LogP) is 2.85. The van der Waals surface area contributed by atoms with Crippen molar-refractivity contribution >= 4 is 23.3 Å². The maximum atomic E-state index is 12.8. The number of benzene rings is 1. The van der Waals surface area contributed by atoms with E-state index in [0.29, 0.717) is 23.5 Å². The zero-order valence-electron chi connectivity index (χ0n) is 13.1. The fourth-order valence-corrected chi connectivity index (χ4v) is 2.18. The molecule has 23 heavy (non-hydrogen) atoms. The van der Waals surface area contributed by atoms with Gasteiger partial charge in [0.2, 0.25) is 11.8 Å². The summed E-state index contributed by atoms with van der Waals surface area (Å²) in [6.45, 7) is 2.56. The van der Waals surface area contributed by atoms with E-state index in [9.17, 15) is 4.39 Å². The standard InChI is InChI=1S/C16H19FN4OS/c1-11-10-14(22-2)20-15(19-11)21-16(23)18-9-3-4-12-5-7-13(17)8-6-12/h5-8,10H,3-4,9H2,1-2H3,(H2,18,19,20,21,23). The second-order valence-electron chi connectivity index (χ2n) is 4.99. The lowest BCUT2D eigenvalue weighted by Gasteiger charge is -2.10. The molecule has 0 saturated heterocycles. The molecule has 7 heteroatoms. The minimum Gasteiger partial charge on any atom is -0.481 e. The maximum Gasteiger partial charge on any atom is 0.232 e. The average Bonchev–Trinajstić information content (AvgIpc) is 2.52. The highest BCUT2D eigenvalue weighted by Gasteiger charge is 2.04. The summed E-state index contributed by atoms with van der Waals surface area (Å²) >= 11 is 5.21. The van der Waals surface area contributed by atoms with Crippen molar-refractivity contribution in [2.45, 2.75) is 19.8 Å². The van der Waals surface area contributed by atoms with Crippen molar-refractivity contribution in [2.75, 3.05) is 19.0 Å². The Labute approximate surface area is 140 Å². The van der Waals surface area contributed by atoms with E-state index in [1.54, 1.807) is 25.3 Å². The van der Waals surface area contributed by atoms with Crippen molar-refractivity contribution < 1.29 is 9.13 Å². The van der Waals surface area contributed by atoms with E-state index in [4.69, 9.17) is 17.0 Å². The van der Waals surface area contributed by atoms with Gasteiger partial charge in [-0.3, -0.25) is 0 Å². The largest absolute Gasteiger partial charge is 0.481 e. The molecule has 0 spiro atoms. The van der Waals surface area contributed by atoms with Crippen LogP contribution in [-0.2, 0) is 6.42 Å². The van der Waals surface area contributed by atoms with Gasteiger partial charge in [-0.05, 0) is 49.7 Å². The summed E-state index contributed by atoms with van der Waals surface area (Å²) < 4.78 is 17.9. The molecule has 1 heterocycles. The monoisotopic (exact) mass is 334 g/mol. The van der Waals surface area contributed by atoms with Crippen molar-refractivity contribution in [3.63, 3.8) is 0 Å². The van der Waals surface area contributed by atoms with E-state index in [1.165, 1.54) is 12.1 Å². The average molecular weight is 334 g/mol. The number of aryl methyl sites for hydroxylation is 2. The molecule has 122 valence electrons. The quantitative estimate of drug-likeness (QED) is 0.626. The van der Waals surface area contributed by atoms with Crippen LogP contribution in [0.5, 0.6) is 5.88 Å². The minimum absolute atomic E-state index is 0.217. The fourth-order valence-electron chi connectivity index (χ4n) is 1.99. The van der Waals surface area contributed by atoms with E-state index in [0.717, 1.165) is 24.1 Å². The number of hydrogen-bond donors (Lipinski definition) is 2. The van der Waals surface area contributed by atoms with E-state index in [-0.39, 0.29) is 5.82 Å². The number of nitrogens with one attached hydrogen (secondary N) is 2. The molecular formula is C16H19FN4OS. The van der Waals surface area contributed by atoms with Crippen LogP contribution in [0.1, 0.15) is 17.7 Å². The number of nitrogens with zero attached hydrogens (tertiary/aromatic N) is 2. The Kier molecular flexibility index (Phi) is 6.22. The van der Waals surface area contributed by atoms with Crippen LogP contribution in [0.2, 0.25) is 0 Å². The van der Waals surface area contributed by atoms with Gasteiger partial charge in [0.1, 0.15) is 5.82 Å². The van der Waals surface area contributed by atoms with Crippen LogP contribution >= 0.6 is 12.2 Å². The van der Waals surface area contributed by atoms with Crippen molar-refractivity contribution in [3.05, 3.63) is 47.4 Å². The second-order valence-corrected chi connectivity index (χ2v) is 5.39. The SMILES string of the molecule is COc1cc(C)nc(NC(=S)NCCCc2ccc(F)cc2)n1. The van der Waals surface area contributed by atoms with Crippen LogP contribution in [0.25, 0.3) is 0 Å². The van der Waals surface area contributed by atoms with Gasteiger partial charge >= 0.3 is 0 Å². The highest BCUT2D eigenvalue weighted by Crippen LogP contribution is 2.11. The maximum absolute atomic E-state index is 12.8. The first-order valence-electron chi connectivity index (χ1n) is 7.26. The summed E-state index contributed by atoms with van der Waals surface area (Å²) in [6, 6.07) is 8.26. The molecule has 0 aliphatic carbocycles. The lowest BCUT2D eigenvalue weighted by Crippen LogP contribution is -2.30. The highest BCUT2D eigenvalue weighted by molar-refractivity contribution is 7.80. The summed E-state index contributed by atoms with van der Waals surface area (Å²) in [5, 5.41) is 6.48. The number of aromatic nitrogens is 2. The molecule has 0 aliphatic heterocycles. The van der Waals surface area contributed by atoms with Crippen LogP contribution in [0.4, 0.5) is 10.3 Å². The van der Waals surface area contributed by atoms with Crippen LogP contribution < -0.4 is 15.4 Å². The van der Waals surface area contributed by atoms with Crippen molar-refractivity contribution in [3.8, 4) is 5.88 Å². The number of halogens is 1. The van der Waals surface area contributed by atoms with E-state index >= 15 is 0 Å². The third-order valence-electron chi connectivity index (χ3n) is 3.11. The molecule has 2 N–H and O–H groups in total. The number of hydrogen-bond acceptors (Lipinski definition) is 4. The van der Waals surface area contributed by atoms with Gasteiger partial charge in [-0.15, -0.1) is 0 Å². The highest BCUT2D eigenvalue weighted by atomic mass is 32.1. The Balaban J connectivity index is 1.75. The third kappa shape index (κ3) is 5.78. The summed E-state index contributed by atoms with van der Waals surface area (Å²) in [7, 11) is 1.55. The van der Waals surface area contributed by atoms with Crippen molar-refractivity contribution in [1.29, 1.82) is 0 Å². The molecule has 0 unspecified atom stereocenters. The molecule has 0 atom stereocenters. The molecule has 1 aromatic heterocycles. The molecule has 0 saturated carbocycles. The fraction of sp³-hybridized carbons (Fsp3) is 0.312. The Morgan fingerprint density at radius 2 is 2.00 bits per heavy atom. The topological polar surface area (TPSA) is 59.1 Å². The van der Waals surface area contributed by atoms with Crippen molar-refractivity contribution in [1.82, 2.24) is 15.3 Å². The third-order valence-corrected chi connectivity index (χ3v) is 3.35. The van der Waals surface area contributed by atoms with E-state index in [1.807, 2.05) is 6.92 Å². The molecule has 0 radical (unpaired) electrons. The summed E-state index contributed by atoms with van der Waals surface area (Å²) in [6.07, 6.45) is 1.73.